The van der Waals surface area contributed by atoms with Crippen molar-refractivity contribution in [2.75, 3.05) is 5.73 Å². The number of para-hydroxylation sites is 1. The average Bonchev–Trinajstić information content (AvgIpc) is 2.47. The third-order valence-corrected chi connectivity index (χ3v) is 4.81. The molecule has 21 heavy (non-hydrogen) atoms. The van der Waals surface area contributed by atoms with Crippen molar-refractivity contribution in [2.45, 2.75) is 10.6 Å². The molecule has 1 unspecified atom stereocenters. The molecule has 0 bridgehead atoms. The highest BCUT2D eigenvalue weighted by Gasteiger charge is 2.10. The Morgan fingerprint density at radius 2 is 1.90 bits per heavy atom. The number of benzene rings is 2. The number of rotatable bonds is 3. The zero-order valence-corrected chi connectivity index (χ0v) is 12.7. The molecule has 0 saturated heterocycles. The summed E-state index contributed by atoms with van der Waals surface area (Å²) in [6.07, 6.45) is 0. The van der Waals surface area contributed by atoms with Crippen molar-refractivity contribution in [3.63, 3.8) is 0 Å². The van der Waals surface area contributed by atoms with E-state index in [9.17, 15) is 4.21 Å². The molecule has 0 aliphatic heterocycles. The summed E-state index contributed by atoms with van der Waals surface area (Å²) in [5.41, 5.74) is 7.99. The fourth-order valence-corrected chi connectivity index (χ4v) is 3.43. The van der Waals surface area contributed by atoms with Gasteiger partial charge in [-0.2, -0.15) is 0 Å². The molecule has 0 fully saturated rings. The van der Waals surface area contributed by atoms with Crippen molar-refractivity contribution in [3.8, 4) is 0 Å². The van der Waals surface area contributed by atoms with E-state index in [1.54, 1.807) is 18.2 Å². The van der Waals surface area contributed by atoms with Crippen LogP contribution in [0.1, 0.15) is 5.69 Å². The summed E-state index contributed by atoms with van der Waals surface area (Å²) in [5.74, 6) is 0.330. The van der Waals surface area contributed by atoms with Gasteiger partial charge in [-0.25, -0.2) is 0 Å². The highest BCUT2D eigenvalue weighted by atomic mass is 35.5. The lowest BCUT2D eigenvalue weighted by Gasteiger charge is -2.07. The minimum Gasteiger partial charge on any atom is -0.398 e. The first kappa shape index (κ1) is 14.0. The third-order valence-electron chi connectivity index (χ3n) is 3.15. The maximum atomic E-state index is 12.4. The van der Waals surface area contributed by atoms with Gasteiger partial charge in [0.25, 0.3) is 0 Å². The molecule has 1 atom stereocenters. The van der Waals surface area contributed by atoms with Gasteiger partial charge in [0.2, 0.25) is 0 Å². The second kappa shape index (κ2) is 5.84. The van der Waals surface area contributed by atoms with E-state index in [1.165, 1.54) is 0 Å². The van der Waals surface area contributed by atoms with Crippen LogP contribution in [0, 0.1) is 0 Å². The predicted octanol–water partition coefficient (Wildman–Crippen LogP) is 3.78. The molecule has 2 aromatic carbocycles. The number of anilines is 1. The van der Waals surface area contributed by atoms with E-state index in [2.05, 4.69) is 4.98 Å². The number of nitrogen functional groups attached to an aromatic ring is 1. The SMILES string of the molecule is Nc1cc(Cl)ccc1S(=O)Cc1ccc2ccccc2n1. The number of halogens is 1. The van der Waals surface area contributed by atoms with E-state index in [-0.39, 0.29) is 0 Å². The Kier molecular flexibility index (Phi) is 3.90. The first-order valence-electron chi connectivity index (χ1n) is 6.41. The van der Waals surface area contributed by atoms with E-state index in [1.807, 2.05) is 36.4 Å². The second-order valence-electron chi connectivity index (χ2n) is 4.67. The normalized spacial score (nSPS) is 12.4. The topological polar surface area (TPSA) is 56.0 Å². The Hall–Kier alpha value is -1.91. The molecule has 0 aliphatic rings. The minimum absolute atomic E-state index is 0.330. The van der Waals surface area contributed by atoms with Gasteiger partial charge in [-0.15, -0.1) is 0 Å². The van der Waals surface area contributed by atoms with E-state index in [0.29, 0.717) is 21.4 Å². The van der Waals surface area contributed by atoms with Crippen molar-refractivity contribution < 1.29 is 4.21 Å². The quantitative estimate of drug-likeness (QED) is 0.748. The first-order valence-corrected chi connectivity index (χ1v) is 8.11. The Labute approximate surface area is 130 Å². The molecule has 1 aromatic heterocycles. The van der Waals surface area contributed by atoms with Crippen LogP contribution in [0.4, 0.5) is 5.69 Å². The predicted molar refractivity (Wildman–Crippen MR) is 87.7 cm³/mol. The number of nitrogens with two attached hydrogens (primary N) is 1. The summed E-state index contributed by atoms with van der Waals surface area (Å²) in [7, 11) is -1.24. The van der Waals surface area contributed by atoms with Crippen LogP contribution in [0.2, 0.25) is 5.02 Å². The van der Waals surface area contributed by atoms with Gasteiger partial charge >= 0.3 is 0 Å². The van der Waals surface area contributed by atoms with E-state index in [0.717, 1.165) is 16.6 Å². The summed E-state index contributed by atoms with van der Waals surface area (Å²) in [4.78, 5) is 5.12. The van der Waals surface area contributed by atoms with Crippen LogP contribution in [0.3, 0.4) is 0 Å². The fraction of sp³-hybridized carbons (Fsp3) is 0.0625. The van der Waals surface area contributed by atoms with E-state index >= 15 is 0 Å². The van der Waals surface area contributed by atoms with Gasteiger partial charge in [-0.1, -0.05) is 35.9 Å². The summed E-state index contributed by atoms with van der Waals surface area (Å²) < 4.78 is 12.4. The van der Waals surface area contributed by atoms with Crippen LogP contribution < -0.4 is 5.73 Å². The maximum absolute atomic E-state index is 12.4. The van der Waals surface area contributed by atoms with Gasteiger partial charge in [0.15, 0.2) is 0 Å². The van der Waals surface area contributed by atoms with E-state index < -0.39 is 10.8 Å². The number of hydrogen-bond acceptors (Lipinski definition) is 3. The molecule has 0 radical (unpaired) electrons. The molecule has 0 aliphatic carbocycles. The highest BCUT2D eigenvalue weighted by Crippen LogP contribution is 2.23. The highest BCUT2D eigenvalue weighted by molar-refractivity contribution is 7.84. The molecule has 0 amide bonds. The Morgan fingerprint density at radius 1 is 1.10 bits per heavy atom. The van der Waals surface area contributed by atoms with Gasteiger partial charge in [0, 0.05) is 16.1 Å². The van der Waals surface area contributed by atoms with Crippen molar-refractivity contribution in [3.05, 3.63) is 65.3 Å². The number of aromatic nitrogens is 1. The fourth-order valence-electron chi connectivity index (χ4n) is 2.13. The monoisotopic (exact) mass is 316 g/mol. The molecular weight excluding hydrogens is 304 g/mol. The molecule has 2 N–H and O–H groups in total. The molecular formula is C16H13ClN2OS. The van der Waals surface area contributed by atoms with Gasteiger partial charge in [0.05, 0.1) is 32.7 Å². The van der Waals surface area contributed by atoms with Crippen molar-refractivity contribution >= 4 is 39.0 Å². The molecule has 1 heterocycles. The number of fused-ring (bicyclic) bond motifs is 1. The standard InChI is InChI=1S/C16H13ClN2OS/c17-12-6-8-16(14(18)9-12)21(20)10-13-7-5-11-3-1-2-4-15(11)19-13/h1-9H,10,18H2. The average molecular weight is 317 g/mol. The summed E-state index contributed by atoms with van der Waals surface area (Å²) in [6.45, 7) is 0. The number of hydrogen-bond donors (Lipinski definition) is 1. The molecule has 3 nitrogen and oxygen atoms in total. The summed E-state index contributed by atoms with van der Waals surface area (Å²) >= 11 is 5.86. The molecule has 3 rings (SSSR count). The van der Waals surface area contributed by atoms with Gasteiger partial charge in [-0.3, -0.25) is 9.19 Å². The lowest BCUT2D eigenvalue weighted by atomic mass is 10.2. The zero-order chi connectivity index (χ0) is 14.8. The van der Waals surface area contributed by atoms with Crippen LogP contribution >= 0.6 is 11.6 Å². The first-order chi connectivity index (χ1) is 10.1. The van der Waals surface area contributed by atoms with Crippen LogP contribution in [0.15, 0.2) is 59.5 Å². The Balaban J connectivity index is 1.89. The van der Waals surface area contributed by atoms with Gasteiger partial charge in [-0.05, 0) is 30.3 Å². The van der Waals surface area contributed by atoms with Gasteiger partial charge < -0.3 is 5.73 Å². The lowest BCUT2D eigenvalue weighted by Crippen LogP contribution is -2.02. The largest absolute Gasteiger partial charge is 0.398 e. The second-order valence-corrected chi connectivity index (χ2v) is 6.52. The van der Waals surface area contributed by atoms with Crippen molar-refractivity contribution in [1.82, 2.24) is 4.98 Å². The minimum atomic E-state index is -1.24. The van der Waals surface area contributed by atoms with Crippen LogP contribution in [0.5, 0.6) is 0 Å². The van der Waals surface area contributed by atoms with Crippen LogP contribution in [-0.4, -0.2) is 9.19 Å². The van der Waals surface area contributed by atoms with E-state index in [4.69, 9.17) is 17.3 Å². The smallest absolute Gasteiger partial charge is 0.0706 e. The zero-order valence-electron chi connectivity index (χ0n) is 11.1. The molecule has 106 valence electrons. The molecule has 0 saturated carbocycles. The maximum Gasteiger partial charge on any atom is 0.0706 e. The summed E-state index contributed by atoms with van der Waals surface area (Å²) in [6, 6.07) is 16.7. The lowest BCUT2D eigenvalue weighted by molar-refractivity contribution is 0.682. The molecule has 3 aromatic rings. The third kappa shape index (κ3) is 3.06. The number of pyridine rings is 1. The summed E-state index contributed by atoms with van der Waals surface area (Å²) in [5, 5.41) is 1.61. The molecule has 0 spiro atoms. The Bertz CT molecular complexity index is 835. The Morgan fingerprint density at radius 3 is 2.71 bits per heavy atom. The van der Waals surface area contributed by atoms with Crippen LogP contribution in [-0.2, 0) is 16.6 Å². The van der Waals surface area contributed by atoms with Crippen LogP contribution in [0.25, 0.3) is 10.9 Å². The number of nitrogens with zero attached hydrogens (tertiary/aromatic N) is 1. The molecule has 5 heteroatoms. The van der Waals surface area contributed by atoms with Crippen molar-refractivity contribution in [1.29, 1.82) is 0 Å². The van der Waals surface area contributed by atoms with Gasteiger partial charge in [0.1, 0.15) is 0 Å². The van der Waals surface area contributed by atoms with Crippen molar-refractivity contribution in [2.24, 2.45) is 0 Å².